The van der Waals surface area contributed by atoms with Crippen LogP contribution in [0.15, 0.2) is 47.0 Å². The minimum absolute atomic E-state index is 0.0487. The van der Waals surface area contributed by atoms with Gasteiger partial charge in [-0.05, 0) is 38.1 Å². The highest BCUT2D eigenvalue weighted by molar-refractivity contribution is 5.91. The van der Waals surface area contributed by atoms with Crippen molar-refractivity contribution < 1.29 is 23.6 Å². The molecular weight excluding hydrogens is 368 g/mol. The van der Waals surface area contributed by atoms with E-state index in [1.807, 2.05) is 0 Å². The van der Waals surface area contributed by atoms with Gasteiger partial charge in [-0.3, -0.25) is 10.1 Å². The van der Waals surface area contributed by atoms with Crippen molar-refractivity contribution in [2.75, 3.05) is 6.61 Å². The molecule has 0 N–H and O–H groups in total. The fourth-order valence-electron chi connectivity index (χ4n) is 2.31. The Hall–Kier alpha value is -3.82. The molecule has 0 radical (unpaired) electrons. The van der Waals surface area contributed by atoms with Crippen LogP contribution < -0.4 is 4.74 Å². The molecular formula is C18H16N4O6. The van der Waals surface area contributed by atoms with E-state index in [0.717, 1.165) is 0 Å². The number of aromatic nitrogens is 3. The number of nitro groups is 1. The van der Waals surface area contributed by atoms with E-state index in [4.69, 9.17) is 13.9 Å². The van der Waals surface area contributed by atoms with Crippen molar-refractivity contribution in [3.63, 3.8) is 0 Å². The second-order valence-electron chi connectivity index (χ2n) is 5.59. The highest BCUT2D eigenvalue weighted by atomic mass is 16.6. The van der Waals surface area contributed by atoms with Crippen LogP contribution >= 0.6 is 0 Å². The standard InChI is InChI=1S/C18H16N4O6/c1-3-26-17-14(5-4-10-19-17)18(23)27-11(2)15-20-21-16(28-15)12-6-8-13(9-7-12)22(24)25/h4-11H,3H2,1-2H3. The summed E-state index contributed by atoms with van der Waals surface area (Å²) in [5.41, 5.74) is 0.646. The first kappa shape index (κ1) is 19.0. The summed E-state index contributed by atoms with van der Waals surface area (Å²) in [7, 11) is 0. The van der Waals surface area contributed by atoms with Crippen LogP contribution in [0.1, 0.15) is 36.2 Å². The molecule has 0 aliphatic carbocycles. The van der Waals surface area contributed by atoms with Gasteiger partial charge in [0.2, 0.25) is 11.8 Å². The second-order valence-corrected chi connectivity index (χ2v) is 5.59. The molecule has 2 aromatic heterocycles. The molecule has 10 heteroatoms. The Kier molecular flexibility index (Phi) is 5.58. The Morgan fingerprint density at radius 1 is 1.25 bits per heavy atom. The molecule has 1 aromatic carbocycles. The fourth-order valence-corrected chi connectivity index (χ4v) is 2.31. The van der Waals surface area contributed by atoms with Gasteiger partial charge in [0.05, 0.1) is 11.5 Å². The van der Waals surface area contributed by atoms with Gasteiger partial charge in [0, 0.05) is 23.9 Å². The largest absolute Gasteiger partial charge is 0.477 e. The lowest BCUT2D eigenvalue weighted by Gasteiger charge is -2.11. The number of benzene rings is 1. The lowest BCUT2D eigenvalue weighted by atomic mass is 10.2. The minimum atomic E-state index is -0.818. The lowest BCUT2D eigenvalue weighted by Crippen LogP contribution is -2.12. The smallest absolute Gasteiger partial charge is 0.344 e. The molecule has 2 heterocycles. The molecule has 0 aliphatic rings. The van der Waals surface area contributed by atoms with Gasteiger partial charge in [-0.2, -0.15) is 0 Å². The average Bonchev–Trinajstić information content (AvgIpc) is 3.19. The number of nitrogens with zero attached hydrogens (tertiary/aromatic N) is 4. The summed E-state index contributed by atoms with van der Waals surface area (Å²) in [4.78, 5) is 26.6. The van der Waals surface area contributed by atoms with E-state index in [9.17, 15) is 14.9 Å². The van der Waals surface area contributed by atoms with Gasteiger partial charge in [-0.25, -0.2) is 9.78 Å². The van der Waals surface area contributed by atoms with Crippen LogP contribution in [0.4, 0.5) is 5.69 Å². The third-order valence-electron chi connectivity index (χ3n) is 3.67. The van der Waals surface area contributed by atoms with Crippen LogP contribution in [0.25, 0.3) is 11.5 Å². The lowest BCUT2D eigenvalue weighted by molar-refractivity contribution is -0.384. The van der Waals surface area contributed by atoms with E-state index in [2.05, 4.69) is 15.2 Å². The summed E-state index contributed by atoms with van der Waals surface area (Å²) in [6.45, 7) is 3.72. The molecule has 0 fully saturated rings. The van der Waals surface area contributed by atoms with Crippen molar-refractivity contribution in [2.45, 2.75) is 20.0 Å². The Morgan fingerprint density at radius 3 is 2.68 bits per heavy atom. The van der Waals surface area contributed by atoms with Gasteiger partial charge in [-0.15, -0.1) is 10.2 Å². The Labute approximate surface area is 159 Å². The topological polar surface area (TPSA) is 130 Å². The van der Waals surface area contributed by atoms with E-state index < -0.39 is 17.0 Å². The normalized spacial score (nSPS) is 11.6. The number of rotatable bonds is 7. The first-order valence-corrected chi connectivity index (χ1v) is 8.36. The van der Waals surface area contributed by atoms with Crippen LogP contribution in [0.3, 0.4) is 0 Å². The van der Waals surface area contributed by atoms with Gasteiger partial charge in [0.25, 0.3) is 11.6 Å². The molecule has 144 valence electrons. The minimum Gasteiger partial charge on any atom is -0.477 e. The molecule has 10 nitrogen and oxygen atoms in total. The van der Waals surface area contributed by atoms with Crippen molar-refractivity contribution in [1.29, 1.82) is 0 Å². The maximum atomic E-state index is 12.4. The zero-order chi connectivity index (χ0) is 20.1. The number of carbonyl (C=O) groups is 1. The molecule has 0 aliphatic heterocycles. The molecule has 0 saturated heterocycles. The number of hydrogen-bond donors (Lipinski definition) is 0. The van der Waals surface area contributed by atoms with Crippen molar-refractivity contribution in [2.24, 2.45) is 0 Å². The van der Waals surface area contributed by atoms with E-state index in [1.165, 1.54) is 30.5 Å². The third-order valence-corrected chi connectivity index (χ3v) is 3.67. The molecule has 3 aromatic rings. The van der Waals surface area contributed by atoms with Crippen LogP contribution in [0.5, 0.6) is 5.88 Å². The second kappa shape index (κ2) is 8.25. The van der Waals surface area contributed by atoms with Crippen molar-refractivity contribution in [1.82, 2.24) is 15.2 Å². The highest BCUT2D eigenvalue weighted by Crippen LogP contribution is 2.25. The van der Waals surface area contributed by atoms with E-state index in [1.54, 1.807) is 26.0 Å². The number of esters is 1. The zero-order valence-electron chi connectivity index (χ0n) is 15.1. The van der Waals surface area contributed by atoms with Gasteiger partial charge >= 0.3 is 5.97 Å². The van der Waals surface area contributed by atoms with Crippen LogP contribution in [0.2, 0.25) is 0 Å². The predicted octanol–water partition coefficient (Wildman–Crippen LogP) is 3.36. The van der Waals surface area contributed by atoms with Gasteiger partial charge in [0.1, 0.15) is 5.56 Å². The molecule has 1 unspecified atom stereocenters. The number of ether oxygens (including phenoxy) is 2. The third kappa shape index (κ3) is 4.11. The van der Waals surface area contributed by atoms with E-state index >= 15 is 0 Å². The number of hydrogen-bond acceptors (Lipinski definition) is 9. The molecule has 0 amide bonds. The average molecular weight is 384 g/mol. The first-order valence-electron chi connectivity index (χ1n) is 8.36. The van der Waals surface area contributed by atoms with E-state index in [-0.39, 0.29) is 28.9 Å². The molecule has 3 rings (SSSR count). The molecule has 1 atom stereocenters. The SMILES string of the molecule is CCOc1ncccc1C(=O)OC(C)c1nnc(-c2ccc([N+](=O)[O-])cc2)o1. The Balaban J connectivity index is 1.73. The van der Waals surface area contributed by atoms with Crippen molar-refractivity contribution in [3.05, 3.63) is 64.2 Å². The summed E-state index contributed by atoms with van der Waals surface area (Å²) in [6.07, 6.45) is 0.696. The summed E-state index contributed by atoms with van der Waals surface area (Å²) in [6, 6.07) is 8.80. The molecule has 28 heavy (non-hydrogen) atoms. The van der Waals surface area contributed by atoms with Gasteiger partial charge < -0.3 is 13.9 Å². The van der Waals surface area contributed by atoms with E-state index in [0.29, 0.717) is 12.2 Å². The van der Waals surface area contributed by atoms with Gasteiger partial charge in [-0.1, -0.05) is 0 Å². The summed E-state index contributed by atoms with van der Waals surface area (Å²) in [5, 5.41) is 18.5. The maximum Gasteiger partial charge on any atom is 0.344 e. The Morgan fingerprint density at radius 2 is 2.00 bits per heavy atom. The maximum absolute atomic E-state index is 12.4. The fraction of sp³-hybridized carbons (Fsp3) is 0.222. The van der Waals surface area contributed by atoms with Crippen LogP contribution in [-0.2, 0) is 4.74 Å². The van der Waals surface area contributed by atoms with Crippen molar-refractivity contribution >= 4 is 11.7 Å². The highest BCUT2D eigenvalue weighted by Gasteiger charge is 2.22. The first-order chi connectivity index (χ1) is 13.5. The predicted molar refractivity (Wildman–Crippen MR) is 95.6 cm³/mol. The number of carbonyl (C=O) groups excluding carboxylic acids is 1. The summed E-state index contributed by atoms with van der Waals surface area (Å²) in [5.74, 6) is -0.217. The molecule has 0 saturated carbocycles. The number of nitro benzene ring substituents is 1. The Bertz CT molecular complexity index is 986. The van der Waals surface area contributed by atoms with Crippen LogP contribution in [-0.4, -0.2) is 32.7 Å². The number of pyridine rings is 1. The molecule has 0 bridgehead atoms. The number of non-ortho nitro benzene ring substituents is 1. The quantitative estimate of drug-likeness (QED) is 0.342. The van der Waals surface area contributed by atoms with Crippen molar-refractivity contribution in [3.8, 4) is 17.3 Å². The molecule has 0 spiro atoms. The van der Waals surface area contributed by atoms with Crippen LogP contribution in [0, 0.1) is 10.1 Å². The van der Waals surface area contributed by atoms with Gasteiger partial charge in [0.15, 0.2) is 6.10 Å². The zero-order valence-corrected chi connectivity index (χ0v) is 15.1. The monoisotopic (exact) mass is 384 g/mol. The summed E-state index contributed by atoms with van der Waals surface area (Å²) < 4.78 is 16.2. The summed E-state index contributed by atoms with van der Waals surface area (Å²) >= 11 is 0.